The van der Waals surface area contributed by atoms with E-state index in [1.165, 1.54) is 7.11 Å². The lowest BCUT2D eigenvalue weighted by molar-refractivity contribution is -0.137. The molecule has 4 N–H and O–H groups in total. The summed E-state index contributed by atoms with van der Waals surface area (Å²) in [6.45, 7) is 2.70. The summed E-state index contributed by atoms with van der Waals surface area (Å²) in [5.41, 5.74) is 7.02. The first kappa shape index (κ1) is 26.0. The number of carbonyl (C=O) groups is 1. The van der Waals surface area contributed by atoms with Crippen LogP contribution in [0.5, 0.6) is 17.2 Å². The van der Waals surface area contributed by atoms with Gasteiger partial charge in [-0.15, -0.1) is 0 Å². The summed E-state index contributed by atoms with van der Waals surface area (Å²) in [6, 6.07) is 13.2. The van der Waals surface area contributed by atoms with Crippen LogP contribution in [0.25, 0.3) is 0 Å². The molecule has 0 atom stereocenters. The number of hydrogen-bond acceptors (Lipinski definition) is 7. The summed E-state index contributed by atoms with van der Waals surface area (Å²) < 4.78 is 55.1. The van der Waals surface area contributed by atoms with Crippen LogP contribution in [-0.2, 0) is 17.5 Å². The van der Waals surface area contributed by atoms with E-state index in [0.717, 1.165) is 23.8 Å². The molecule has 0 bridgehead atoms. The number of anilines is 3. The number of aromatic carboxylic acids is 1. The van der Waals surface area contributed by atoms with Gasteiger partial charge in [-0.2, -0.15) is 13.2 Å². The van der Waals surface area contributed by atoms with E-state index in [0.29, 0.717) is 50.0 Å². The molecule has 3 aromatic carbocycles. The molecule has 4 rings (SSSR count). The van der Waals surface area contributed by atoms with Crippen LogP contribution in [0.1, 0.15) is 21.5 Å². The summed E-state index contributed by atoms with van der Waals surface area (Å²) in [5.74, 6) is -0.317. The number of nitrogens with one attached hydrogen (secondary N) is 1. The van der Waals surface area contributed by atoms with Crippen molar-refractivity contribution in [1.29, 1.82) is 0 Å². The number of rotatable bonds is 8. The minimum Gasteiger partial charge on any atom is -0.493 e. The number of morpholine rings is 1. The summed E-state index contributed by atoms with van der Waals surface area (Å²) in [5, 5.41) is 12.9. The van der Waals surface area contributed by atoms with E-state index < -0.39 is 17.7 Å². The highest BCUT2D eigenvalue weighted by Crippen LogP contribution is 2.38. The predicted octanol–water partition coefficient (Wildman–Crippen LogP) is 5.24. The Kier molecular flexibility index (Phi) is 7.63. The lowest BCUT2D eigenvalue weighted by Gasteiger charge is -2.30. The lowest BCUT2D eigenvalue weighted by Crippen LogP contribution is -2.37. The third kappa shape index (κ3) is 6.18. The van der Waals surface area contributed by atoms with Gasteiger partial charge in [0, 0.05) is 25.3 Å². The fourth-order valence-electron chi connectivity index (χ4n) is 3.94. The van der Waals surface area contributed by atoms with Gasteiger partial charge in [0.1, 0.15) is 0 Å². The molecule has 1 fully saturated rings. The van der Waals surface area contributed by atoms with Gasteiger partial charge in [0.2, 0.25) is 0 Å². The van der Waals surface area contributed by atoms with Crippen LogP contribution in [0.15, 0.2) is 54.6 Å². The quantitative estimate of drug-likeness (QED) is 0.349. The number of carboxylic acids is 1. The van der Waals surface area contributed by atoms with Gasteiger partial charge in [-0.25, -0.2) is 4.79 Å². The van der Waals surface area contributed by atoms with Gasteiger partial charge < -0.3 is 35.3 Å². The molecule has 1 aliphatic rings. The molecule has 196 valence electrons. The molecule has 0 radical (unpaired) electrons. The molecular formula is C26H26F3N3O5. The Bertz CT molecular complexity index is 1280. The molecule has 1 heterocycles. The Morgan fingerprint density at radius 1 is 1.05 bits per heavy atom. The zero-order valence-electron chi connectivity index (χ0n) is 20.0. The molecule has 0 aliphatic carbocycles. The summed E-state index contributed by atoms with van der Waals surface area (Å²) >= 11 is 0. The van der Waals surface area contributed by atoms with Crippen molar-refractivity contribution in [3.8, 4) is 17.2 Å². The first-order valence-corrected chi connectivity index (χ1v) is 11.4. The molecule has 3 aromatic rings. The van der Waals surface area contributed by atoms with Crippen molar-refractivity contribution in [2.24, 2.45) is 0 Å². The van der Waals surface area contributed by atoms with Crippen LogP contribution < -0.4 is 25.4 Å². The number of benzene rings is 3. The Labute approximate surface area is 211 Å². The standard InChI is InChI=1S/C26H26F3N3O5/c1-35-24-12-16(2-6-23(24)37-22-7-3-17(13-20(22)30)26(27,28)29)15-31-18-4-5-21(19(14-18)25(33)34)32-8-10-36-11-9-32/h2-7,12-14,31H,8-11,15,30H2,1H3,(H,33,34). The van der Waals surface area contributed by atoms with Gasteiger partial charge in [-0.05, 0) is 54.1 Å². The molecule has 1 aliphatic heterocycles. The second-order valence-electron chi connectivity index (χ2n) is 8.33. The maximum absolute atomic E-state index is 12.9. The van der Waals surface area contributed by atoms with Gasteiger partial charge in [0.25, 0.3) is 0 Å². The second kappa shape index (κ2) is 10.9. The van der Waals surface area contributed by atoms with Gasteiger partial charge in [-0.1, -0.05) is 6.07 Å². The predicted molar refractivity (Wildman–Crippen MR) is 133 cm³/mol. The van der Waals surface area contributed by atoms with Gasteiger partial charge in [0.05, 0.1) is 42.8 Å². The number of alkyl halides is 3. The van der Waals surface area contributed by atoms with Crippen molar-refractivity contribution in [3.05, 3.63) is 71.3 Å². The van der Waals surface area contributed by atoms with Crippen molar-refractivity contribution in [2.75, 3.05) is 49.4 Å². The smallest absolute Gasteiger partial charge is 0.416 e. The molecule has 37 heavy (non-hydrogen) atoms. The van der Waals surface area contributed by atoms with E-state index >= 15 is 0 Å². The Morgan fingerprint density at radius 3 is 2.43 bits per heavy atom. The van der Waals surface area contributed by atoms with Gasteiger partial charge in [0.15, 0.2) is 17.2 Å². The van der Waals surface area contributed by atoms with E-state index in [4.69, 9.17) is 19.9 Å². The van der Waals surface area contributed by atoms with Crippen LogP contribution in [-0.4, -0.2) is 44.5 Å². The number of nitrogens with zero attached hydrogens (tertiary/aromatic N) is 1. The highest BCUT2D eigenvalue weighted by atomic mass is 19.4. The fraction of sp³-hybridized carbons (Fsp3) is 0.269. The number of ether oxygens (including phenoxy) is 3. The van der Waals surface area contributed by atoms with E-state index in [9.17, 15) is 23.1 Å². The summed E-state index contributed by atoms with van der Waals surface area (Å²) in [7, 11) is 1.44. The van der Waals surface area contributed by atoms with E-state index in [1.807, 2.05) is 11.0 Å². The molecule has 0 unspecified atom stereocenters. The minimum absolute atomic E-state index is 0.0683. The number of nitrogen functional groups attached to an aromatic ring is 1. The van der Waals surface area contributed by atoms with Crippen molar-refractivity contribution in [2.45, 2.75) is 12.7 Å². The lowest BCUT2D eigenvalue weighted by atomic mass is 10.1. The van der Waals surface area contributed by atoms with Crippen LogP contribution in [0.4, 0.5) is 30.2 Å². The monoisotopic (exact) mass is 517 g/mol. The van der Waals surface area contributed by atoms with Crippen LogP contribution >= 0.6 is 0 Å². The Morgan fingerprint density at radius 2 is 1.78 bits per heavy atom. The van der Waals surface area contributed by atoms with Crippen LogP contribution in [0, 0.1) is 0 Å². The van der Waals surface area contributed by atoms with Crippen molar-refractivity contribution < 1.29 is 37.3 Å². The third-order valence-corrected chi connectivity index (χ3v) is 5.86. The summed E-state index contributed by atoms with van der Waals surface area (Å²) in [4.78, 5) is 13.9. The highest BCUT2D eigenvalue weighted by molar-refractivity contribution is 5.95. The number of methoxy groups -OCH3 is 1. The zero-order valence-corrected chi connectivity index (χ0v) is 20.0. The van der Waals surface area contributed by atoms with Crippen molar-refractivity contribution in [3.63, 3.8) is 0 Å². The first-order valence-electron chi connectivity index (χ1n) is 11.4. The highest BCUT2D eigenvalue weighted by Gasteiger charge is 2.31. The number of hydrogen-bond donors (Lipinski definition) is 3. The average Bonchev–Trinajstić information content (AvgIpc) is 2.88. The number of halogens is 3. The topological polar surface area (TPSA) is 106 Å². The molecule has 11 heteroatoms. The average molecular weight is 518 g/mol. The molecule has 0 aromatic heterocycles. The Hall–Kier alpha value is -4.12. The molecule has 8 nitrogen and oxygen atoms in total. The van der Waals surface area contributed by atoms with Gasteiger partial charge >= 0.3 is 12.1 Å². The van der Waals surface area contributed by atoms with Crippen molar-refractivity contribution in [1.82, 2.24) is 0 Å². The summed E-state index contributed by atoms with van der Waals surface area (Å²) in [6.07, 6.45) is -4.51. The van der Waals surface area contributed by atoms with E-state index in [2.05, 4.69) is 5.32 Å². The van der Waals surface area contributed by atoms with Crippen LogP contribution in [0.3, 0.4) is 0 Å². The first-order chi connectivity index (χ1) is 17.7. The maximum atomic E-state index is 12.9. The fourth-order valence-corrected chi connectivity index (χ4v) is 3.94. The molecule has 0 amide bonds. The molecule has 0 spiro atoms. The molecule has 0 saturated carbocycles. The molecular weight excluding hydrogens is 491 g/mol. The van der Waals surface area contributed by atoms with Gasteiger partial charge in [-0.3, -0.25) is 0 Å². The zero-order chi connectivity index (χ0) is 26.6. The normalized spacial score (nSPS) is 13.8. The Balaban J connectivity index is 1.47. The largest absolute Gasteiger partial charge is 0.493 e. The van der Waals surface area contributed by atoms with E-state index in [-0.39, 0.29) is 22.7 Å². The maximum Gasteiger partial charge on any atom is 0.416 e. The van der Waals surface area contributed by atoms with Crippen molar-refractivity contribution >= 4 is 23.0 Å². The third-order valence-electron chi connectivity index (χ3n) is 5.86. The number of nitrogens with two attached hydrogens (primary N) is 1. The minimum atomic E-state index is -4.51. The molecule has 1 saturated heterocycles. The number of carboxylic acid groups (broad SMARTS) is 1. The second-order valence-corrected chi connectivity index (χ2v) is 8.33. The SMILES string of the molecule is COc1cc(CNc2ccc(N3CCOCC3)c(C(=O)O)c2)ccc1Oc1ccc(C(F)(F)F)cc1N. The van der Waals surface area contributed by atoms with Crippen LogP contribution in [0.2, 0.25) is 0 Å². The van der Waals surface area contributed by atoms with E-state index in [1.54, 1.807) is 30.3 Å².